The van der Waals surface area contributed by atoms with Crippen LogP contribution in [-0.4, -0.2) is 77.4 Å². The third-order valence-electron chi connectivity index (χ3n) is 3.57. The van der Waals surface area contributed by atoms with Crippen LogP contribution in [0.25, 0.3) is 0 Å². The average Bonchev–Trinajstić information content (AvgIpc) is 2.31. The molecule has 94 valence electrons. The van der Waals surface area contributed by atoms with Crippen LogP contribution in [0.4, 0.5) is 0 Å². The Morgan fingerprint density at radius 1 is 1.19 bits per heavy atom. The van der Waals surface area contributed by atoms with E-state index in [4.69, 9.17) is 0 Å². The normalized spacial score (nSPS) is 28.1. The van der Waals surface area contributed by atoms with Crippen molar-refractivity contribution in [1.29, 1.82) is 0 Å². The lowest BCUT2D eigenvalue weighted by Crippen LogP contribution is -2.51. The van der Waals surface area contributed by atoms with Gasteiger partial charge in [0.15, 0.2) is 0 Å². The zero-order valence-electron chi connectivity index (χ0n) is 10.2. The van der Waals surface area contributed by atoms with Crippen LogP contribution in [-0.2, 0) is 10.8 Å². The maximum Gasteiger partial charge on any atom is 0.0363 e. The van der Waals surface area contributed by atoms with Gasteiger partial charge in [-0.2, -0.15) is 0 Å². The molecule has 1 atom stereocenters. The minimum atomic E-state index is -0.549. The van der Waals surface area contributed by atoms with E-state index in [9.17, 15) is 4.21 Å². The van der Waals surface area contributed by atoms with E-state index < -0.39 is 10.8 Å². The fourth-order valence-electron chi connectivity index (χ4n) is 2.48. The highest BCUT2D eigenvalue weighted by molar-refractivity contribution is 7.85. The topological polar surface area (TPSA) is 35.6 Å². The van der Waals surface area contributed by atoms with Gasteiger partial charge in [0.05, 0.1) is 0 Å². The van der Waals surface area contributed by atoms with Crippen LogP contribution < -0.4 is 5.32 Å². The smallest absolute Gasteiger partial charge is 0.0363 e. The number of hydrogen-bond donors (Lipinski definition) is 1. The van der Waals surface area contributed by atoms with Gasteiger partial charge in [0.25, 0.3) is 0 Å². The molecular weight excluding hydrogens is 222 g/mol. The Bertz CT molecular complexity index is 233. The van der Waals surface area contributed by atoms with Crippen molar-refractivity contribution in [1.82, 2.24) is 15.1 Å². The van der Waals surface area contributed by atoms with Gasteiger partial charge in [-0.15, -0.1) is 0 Å². The van der Waals surface area contributed by atoms with Crippen molar-refractivity contribution >= 4 is 10.8 Å². The Hall–Kier alpha value is 0.0300. The summed E-state index contributed by atoms with van der Waals surface area (Å²) in [5, 5.41) is 3.38. The second kappa shape index (κ2) is 6.10. The van der Waals surface area contributed by atoms with E-state index in [-0.39, 0.29) is 0 Å². The first kappa shape index (κ1) is 12.5. The molecule has 5 heteroatoms. The number of piperazine rings is 1. The third kappa shape index (κ3) is 3.52. The summed E-state index contributed by atoms with van der Waals surface area (Å²) < 4.78 is 11.3. The van der Waals surface area contributed by atoms with E-state index in [2.05, 4.69) is 22.0 Å². The molecule has 0 aromatic rings. The summed E-state index contributed by atoms with van der Waals surface area (Å²) in [7, 11) is -0.549. The molecule has 2 fully saturated rings. The van der Waals surface area contributed by atoms with Crippen molar-refractivity contribution in [3.63, 3.8) is 0 Å². The molecule has 2 aliphatic rings. The molecule has 2 heterocycles. The second-order valence-corrected chi connectivity index (χ2v) is 6.48. The molecule has 1 unspecified atom stereocenters. The molecule has 0 radical (unpaired) electrons. The summed E-state index contributed by atoms with van der Waals surface area (Å²) in [6.07, 6.45) is 0. The maximum atomic E-state index is 11.3. The zero-order valence-corrected chi connectivity index (χ0v) is 11.0. The van der Waals surface area contributed by atoms with Crippen LogP contribution in [0.3, 0.4) is 0 Å². The molecule has 1 N–H and O–H groups in total. The van der Waals surface area contributed by atoms with Crippen LogP contribution in [0.1, 0.15) is 6.92 Å². The molecule has 0 bridgehead atoms. The minimum Gasteiger partial charge on any atom is -0.314 e. The maximum absolute atomic E-state index is 11.3. The van der Waals surface area contributed by atoms with E-state index in [1.54, 1.807) is 0 Å². The minimum absolute atomic E-state index is 0.549. The highest BCUT2D eigenvalue weighted by Crippen LogP contribution is 2.07. The van der Waals surface area contributed by atoms with Crippen LogP contribution in [0.5, 0.6) is 0 Å². The van der Waals surface area contributed by atoms with Gasteiger partial charge in [-0.05, 0) is 6.92 Å². The van der Waals surface area contributed by atoms with E-state index in [1.807, 2.05) is 0 Å². The van der Waals surface area contributed by atoms with Crippen molar-refractivity contribution in [3.8, 4) is 0 Å². The predicted molar refractivity (Wildman–Crippen MR) is 68.2 cm³/mol. The molecule has 16 heavy (non-hydrogen) atoms. The first-order valence-electron chi connectivity index (χ1n) is 6.28. The number of nitrogens with zero attached hydrogens (tertiary/aromatic N) is 2. The van der Waals surface area contributed by atoms with Crippen molar-refractivity contribution < 1.29 is 4.21 Å². The monoisotopic (exact) mass is 245 g/mol. The standard InChI is InChI=1S/C11H23N3OS/c1-11(10-13-4-2-12-3-5-13)14-6-8-16(15)9-7-14/h11-12H,2-10H2,1H3. The molecule has 0 spiro atoms. The van der Waals surface area contributed by atoms with Gasteiger partial charge >= 0.3 is 0 Å². The summed E-state index contributed by atoms with van der Waals surface area (Å²) in [5.41, 5.74) is 0. The second-order valence-electron chi connectivity index (χ2n) is 4.78. The SMILES string of the molecule is CC(CN1CCNCC1)N1CCS(=O)CC1. The van der Waals surface area contributed by atoms with Gasteiger partial charge < -0.3 is 5.32 Å². The lowest BCUT2D eigenvalue weighted by atomic mass is 10.2. The van der Waals surface area contributed by atoms with Crippen molar-refractivity contribution in [2.45, 2.75) is 13.0 Å². The molecule has 2 aliphatic heterocycles. The first-order chi connectivity index (χ1) is 7.75. The van der Waals surface area contributed by atoms with Gasteiger partial charge in [0, 0.05) is 74.2 Å². The number of hydrogen-bond acceptors (Lipinski definition) is 4. The number of nitrogens with one attached hydrogen (secondary N) is 1. The highest BCUT2D eigenvalue weighted by atomic mass is 32.2. The van der Waals surface area contributed by atoms with Crippen molar-refractivity contribution in [3.05, 3.63) is 0 Å². The molecule has 2 rings (SSSR count). The van der Waals surface area contributed by atoms with Crippen LogP contribution in [0.2, 0.25) is 0 Å². The molecule has 4 nitrogen and oxygen atoms in total. The van der Waals surface area contributed by atoms with E-state index in [0.717, 1.165) is 44.2 Å². The average molecular weight is 245 g/mol. The first-order valence-corrected chi connectivity index (χ1v) is 7.76. The fraction of sp³-hybridized carbons (Fsp3) is 1.00. The Kier molecular flexibility index (Phi) is 4.76. The quantitative estimate of drug-likeness (QED) is 0.716. The van der Waals surface area contributed by atoms with Crippen LogP contribution in [0.15, 0.2) is 0 Å². The Balaban J connectivity index is 1.73. The lowest BCUT2D eigenvalue weighted by Gasteiger charge is -2.36. The number of rotatable bonds is 3. The predicted octanol–water partition coefficient (Wildman–Crippen LogP) is -0.656. The molecule has 2 saturated heterocycles. The molecule has 0 aromatic carbocycles. The molecule has 0 amide bonds. The van der Waals surface area contributed by atoms with Gasteiger partial charge in [-0.25, -0.2) is 0 Å². The van der Waals surface area contributed by atoms with E-state index in [0.29, 0.717) is 6.04 Å². The van der Waals surface area contributed by atoms with Gasteiger partial charge in [-0.3, -0.25) is 14.0 Å². The van der Waals surface area contributed by atoms with Gasteiger partial charge in [0.1, 0.15) is 0 Å². The Morgan fingerprint density at radius 3 is 2.44 bits per heavy atom. The fourth-order valence-corrected chi connectivity index (χ4v) is 3.56. The summed E-state index contributed by atoms with van der Waals surface area (Å²) >= 11 is 0. The van der Waals surface area contributed by atoms with Crippen LogP contribution >= 0.6 is 0 Å². The highest BCUT2D eigenvalue weighted by Gasteiger charge is 2.22. The molecule has 0 aliphatic carbocycles. The van der Waals surface area contributed by atoms with E-state index in [1.165, 1.54) is 13.1 Å². The molecule has 0 saturated carbocycles. The molecular formula is C11H23N3OS. The van der Waals surface area contributed by atoms with Gasteiger partial charge in [0.2, 0.25) is 0 Å². The van der Waals surface area contributed by atoms with Crippen LogP contribution in [0, 0.1) is 0 Å². The third-order valence-corrected chi connectivity index (χ3v) is 4.84. The van der Waals surface area contributed by atoms with Crippen molar-refractivity contribution in [2.24, 2.45) is 0 Å². The summed E-state index contributed by atoms with van der Waals surface area (Å²) in [4.78, 5) is 5.02. The van der Waals surface area contributed by atoms with Crippen molar-refractivity contribution in [2.75, 3.05) is 57.3 Å². The summed E-state index contributed by atoms with van der Waals surface area (Å²) in [6, 6.07) is 0.607. The Labute approximate surface area is 101 Å². The van der Waals surface area contributed by atoms with E-state index >= 15 is 0 Å². The zero-order chi connectivity index (χ0) is 11.4. The summed E-state index contributed by atoms with van der Waals surface area (Å²) in [6.45, 7) is 10.1. The lowest BCUT2D eigenvalue weighted by molar-refractivity contribution is 0.147. The van der Waals surface area contributed by atoms with Gasteiger partial charge in [-0.1, -0.05) is 0 Å². The summed E-state index contributed by atoms with van der Waals surface area (Å²) in [5.74, 6) is 1.73. The Morgan fingerprint density at radius 2 is 1.81 bits per heavy atom. The molecule has 0 aromatic heterocycles. The largest absolute Gasteiger partial charge is 0.314 e.